The fourth-order valence-corrected chi connectivity index (χ4v) is 2.50. The highest BCUT2D eigenvalue weighted by Gasteiger charge is 2.35. The SMILES string of the molecule is COC1=CC=C(C=Cc2cc(C)n(C)c(=O)[n+]2C)CC1(O)OC. The number of rotatable bonds is 4. The van der Waals surface area contributed by atoms with E-state index in [9.17, 15) is 9.90 Å². The molecule has 0 fully saturated rings. The van der Waals surface area contributed by atoms with Crippen LogP contribution in [0.3, 0.4) is 0 Å². The Balaban J connectivity index is 2.34. The fourth-order valence-electron chi connectivity index (χ4n) is 2.50. The molecule has 1 N–H and O–H groups in total. The third kappa shape index (κ3) is 3.28. The zero-order valence-corrected chi connectivity index (χ0v) is 14.2. The van der Waals surface area contributed by atoms with Crippen LogP contribution in [0.1, 0.15) is 17.8 Å². The first-order chi connectivity index (χ1) is 10.8. The molecule has 1 unspecified atom stereocenters. The molecule has 6 heteroatoms. The molecule has 1 aromatic rings. The third-order valence-electron chi connectivity index (χ3n) is 4.15. The molecule has 0 radical (unpaired) electrons. The molecule has 23 heavy (non-hydrogen) atoms. The Morgan fingerprint density at radius 1 is 1.35 bits per heavy atom. The van der Waals surface area contributed by atoms with E-state index in [1.165, 1.54) is 14.2 Å². The van der Waals surface area contributed by atoms with E-state index in [-0.39, 0.29) is 12.1 Å². The topological polar surface area (TPSA) is 64.6 Å². The summed E-state index contributed by atoms with van der Waals surface area (Å²) in [5.41, 5.74) is 2.44. The van der Waals surface area contributed by atoms with Crippen molar-refractivity contribution in [2.24, 2.45) is 14.1 Å². The van der Waals surface area contributed by atoms with Crippen LogP contribution in [0, 0.1) is 6.92 Å². The summed E-state index contributed by atoms with van der Waals surface area (Å²) in [6.45, 7) is 1.88. The molecule has 0 spiro atoms. The van der Waals surface area contributed by atoms with Crippen LogP contribution in [0.2, 0.25) is 0 Å². The minimum absolute atomic E-state index is 0.0859. The van der Waals surface area contributed by atoms with Gasteiger partial charge in [0.15, 0.2) is 5.76 Å². The molecule has 0 amide bonds. The van der Waals surface area contributed by atoms with Gasteiger partial charge in [-0.2, -0.15) is 13.9 Å². The summed E-state index contributed by atoms with van der Waals surface area (Å²) in [5, 5.41) is 10.4. The van der Waals surface area contributed by atoms with Crippen LogP contribution in [0.5, 0.6) is 0 Å². The van der Waals surface area contributed by atoms with Crippen LogP contribution in [0.15, 0.2) is 40.4 Å². The lowest BCUT2D eigenvalue weighted by molar-refractivity contribution is -0.692. The standard InChI is InChI=1S/C17H23N2O4/c1-12-10-14(19(3)16(20)18(12)2)8-6-13-7-9-15(22-4)17(21,11-13)23-5/h6-10,21H,11H2,1-5H3/q+1. The van der Waals surface area contributed by atoms with Crippen molar-refractivity contribution in [1.29, 1.82) is 0 Å². The van der Waals surface area contributed by atoms with Crippen LogP contribution in [0.4, 0.5) is 0 Å². The molecule has 0 saturated carbocycles. The average Bonchev–Trinajstić information content (AvgIpc) is 2.55. The Hall–Kier alpha value is -2.18. The van der Waals surface area contributed by atoms with E-state index in [2.05, 4.69) is 0 Å². The number of hydrogen-bond acceptors (Lipinski definition) is 4. The van der Waals surface area contributed by atoms with E-state index in [4.69, 9.17) is 9.47 Å². The molecule has 6 nitrogen and oxygen atoms in total. The smallest absolute Gasteiger partial charge is 0.495 e. The van der Waals surface area contributed by atoms with E-state index >= 15 is 0 Å². The minimum atomic E-state index is -1.46. The molecule has 1 atom stereocenters. The zero-order valence-electron chi connectivity index (χ0n) is 14.2. The van der Waals surface area contributed by atoms with Crippen molar-refractivity contribution in [3.8, 4) is 0 Å². The second-order valence-corrected chi connectivity index (χ2v) is 5.59. The molecule has 0 aliphatic heterocycles. The lowest BCUT2D eigenvalue weighted by Gasteiger charge is -2.30. The monoisotopic (exact) mass is 319 g/mol. The summed E-state index contributed by atoms with van der Waals surface area (Å²) in [5.74, 6) is -1.10. The quantitative estimate of drug-likeness (QED) is 0.656. The molecule has 0 bridgehead atoms. The molecular weight excluding hydrogens is 296 g/mol. The van der Waals surface area contributed by atoms with Gasteiger partial charge in [0.25, 0.3) is 0 Å². The molecular formula is C17H23N2O4+. The highest BCUT2D eigenvalue weighted by molar-refractivity contribution is 5.49. The fraction of sp³-hybridized carbons (Fsp3) is 0.412. The minimum Gasteiger partial charge on any atom is -0.495 e. The van der Waals surface area contributed by atoms with Crippen molar-refractivity contribution >= 4 is 6.08 Å². The van der Waals surface area contributed by atoms with Crippen LogP contribution in [-0.4, -0.2) is 29.7 Å². The Morgan fingerprint density at radius 3 is 2.65 bits per heavy atom. The van der Waals surface area contributed by atoms with Crippen molar-refractivity contribution in [3.63, 3.8) is 0 Å². The maximum absolute atomic E-state index is 12.1. The van der Waals surface area contributed by atoms with Gasteiger partial charge in [0.1, 0.15) is 11.4 Å². The molecule has 0 aromatic carbocycles. The second kappa shape index (κ2) is 6.52. The first-order valence-electron chi connectivity index (χ1n) is 7.30. The molecule has 1 aliphatic carbocycles. The molecule has 1 aliphatic rings. The molecule has 0 saturated heterocycles. The number of aryl methyl sites for hydroxylation is 1. The van der Waals surface area contributed by atoms with Crippen molar-refractivity contribution in [2.75, 3.05) is 14.2 Å². The zero-order chi connectivity index (χ0) is 17.2. The van der Waals surface area contributed by atoms with Crippen molar-refractivity contribution in [1.82, 2.24) is 4.57 Å². The third-order valence-corrected chi connectivity index (χ3v) is 4.15. The van der Waals surface area contributed by atoms with Gasteiger partial charge in [-0.1, -0.05) is 12.2 Å². The molecule has 2 rings (SSSR count). The van der Waals surface area contributed by atoms with Gasteiger partial charge in [-0.25, -0.2) is 0 Å². The van der Waals surface area contributed by atoms with Crippen molar-refractivity contribution in [2.45, 2.75) is 19.1 Å². The van der Waals surface area contributed by atoms with Crippen LogP contribution in [0.25, 0.3) is 6.08 Å². The number of aliphatic hydroxyl groups is 1. The largest absolute Gasteiger partial charge is 0.498 e. The normalized spacial score (nSPS) is 21.3. The highest BCUT2D eigenvalue weighted by atomic mass is 16.6. The van der Waals surface area contributed by atoms with Gasteiger partial charge in [0.05, 0.1) is 21.2 Å². The number of nitrogens with zero attached hydrogens (tertiary/aromatic N) is 2. The number of aromatic nitrogens is 2. The number of ether oxygens (including phenoxy) is 2. The number of hydrogen-bond donors (Lipinski definition) is 1. The number of methoxy groups -OCH3 is 2. The summed E-state index contributed by atoms with van der Waals surface area (Å²) in [6, 6.07) is 1.93. The van der Waals surface area contributed by atoms with Gasteiger partial charge < -0.3 is 14.6 Å². The predicted octanol–water partition coefficient (Wildman–Crippen LogP) is 0.727. The predicted molar refractivity (Wildman–Crippen MR) is 86.4 cm³/mol. The summed E-state index contributed by atoms with van der Waals surface area (Å²) in [7, 11) is 6.40. The molecule has 1 heterocycles. The van der Waals surface area contributed by atoms with E-state index < -0.39 is 5.79 Å². The van der Waals surface area contributed by atoms with E-state index in [0.29, 0.717) is 5.76 Å². The molecule has 124 valence electrons. The van der Waals surface area contributed by atoms with Gasteiger partial charge >= 0.3 is 5.69 Å². The second-order valence-electron chi connectivity index (χ2n) is 5.59. The summed E-state index contributed by atoms with van der Waals surface area (Å²) in [4.78, 5) is 12.1. The highest BCUT2D eigenvalue weighted by Crippen LogP contribution is 2.31. The summed E-state index contributed by atoms with van der Waals surface area (Å²) in [6.07, 6.45) is 7.52. The van der Waals surface area contributed by atoms with E-state index in [1.54, 1.807) is 29.3 Å². The maximum atomic E-state index is 12.1. The first-order valence-corrected chi connectivity index (χ1v) is 7.30. The van der Waals surface area contributed by atoms with Gasteiger partial charge in [-0.05, 0) is 24.6 Å². The van der Waals surface area contributed by atoms with Gasteiger partial charge in [-0.15, -0.1) is 0 Å². The Labute approximate surface area is 135 Å². The lowest BCUT2D eigenvalue weighted by atomic mass is 9.97. The summed E-state index contributed by atoms with van der Waals surface area (Å²) < 4.78 is 13.5. The maximum Gasteiger partial charge on any atom is 0.498 e. The van der Waals surface area contributed by atoms with Gasteiger partial charge in [-0.3, -0.25) is 0 Å². The first kappa shape index (κ1) is 17.2. The average molecular weight is 319 g/mol. The Morgan fingerprint density at radius 2 is 2.04 bits per heavy atom. The van der Waals surface area contributed by atoms with E-state index in [0.717, 1.165) is 17.0 Å². The summed E-state index contributed by atoms with van der Waals surface area (Å²) >= 11 is 0. The van der Waals surface area contributed by atoms with Crippen molar-refractivity contribution < 1.29 is 19.1 Å². The Kier molecular flexibility index (Phi) is 4.87. The number of allylic oxidation sites excluding steroid dienone is 3. The van der Waals surface area contributed by atoms with Crippen LogP contribution >= 0.6 is 0 Å². The van der Waals surface area contributed by atoms with Gasteiger partial charge in [0.2, 0.25) is 5.79 Å². The Bertz CT molecular complexity index is 759. The molecule has 1 aromatic heterocycles. The lowest BCUT2D eigenvalue weighted by Crippen LogP contribution is -2.53. The van der Waals surface area contributed by atoms with Crippen LogP contribution in [-0.2, 0) is 23.6 Å². The van der Waals surface area contributed by atoms with Gasteiger partial charge in [0, 0.05) is 19.6 Å². The van der Waals surface area contributed by atoms with Crippen molar-refractivity contribution in [3.05, 3.63) is 57.5 Å². The van der Waals surface area contributed by atoms with Crippen LogP contribution < -0.4 is 10.3 Å². The van der Waals surface area contributed by atoms with E-state index in [1.807, 2.05) is 31.2 Å².